The van der Waals surface area contributed by atoms with E-state index in [0.29, 0.717) is 11.4 Å². The van der Waals surface area contributed by atoms with Gasteiger partial charge in [-0.2, -0.15) is 0 Å². The van der Waals surface area contributed by atoms with E-state index in [9.17, 15) is 9.59 Å². The first-order chi connectivity index (χ1) is 11.4. The Morgan fingerprint density at radius 2 is 1.96 bits per heavy atom. The van der Waals surface area contributed by atoms with Crippen LogP contribution in [0.3, 0.4) is 0 Å². The lowest BCUT2D eigenvalue weighted by molar-refractivity contribution is -0.118. The summed E-state index contributed by atoms with van der Waals surface area (Å²) in [6.07, 6.45) is 2.28. The summed E-state index contributed by atoms with van der Waals surface area (Å²) in [7, 11) is 0. The van der Waals surface area contributed by atoms with E-state index in [-0.39, 0.29) is 35.9 Å². The van der Waals surface area contributed by atoms with Crippen molar-refractivity contribution in [2.24, 2.45) is 11.7 Å². The fourth-order valence-corrected chi connectivity index (χ4v) is 2.21. The highest BCUT2D eigenvalue weighted by Gasteiger charge is 2.19. The molecule has 0 saturated heterocycles. The number of hydrogen-bond acceptors (Lipinski definition) is 4. The summed E-state index contributed by atoms with van der Waals surface area (Å²) in [5.74, 6) is -0.181. The molecule has 2 unspecified atom stereocenters. The number of carbonyl (C=O) groups excluding carboxylic acids is 2. The molecule has 0 saturated carbocycles. The quantitative estimate of drug-likeness (QED) is 0.728. The molecular formula is C18H24ClN3O3. The lowest BCUT2D eigenvalue weighted by Gasteiger charge is -2.18. The van der Waals surface area contributed by atoms with Gasteiger partial charge >= 0.3 is 0 Å². The Kier molecular flexibility index (Phi) is 7.67. The van der Waals surface area contributed by atoms with Crippen LogP contribution in [0.5, 0.6) is 0 Å². The van der Waals surface area contributed by atoms with Gasteiger partial charge in [-0.3, -0.25) is 9.59 Å². The molecule has 1 aromatic carbocycles. The first-order valence-electron chi connectivity index (χ1n) is 7.94. The smallest absolute Gasteiger partial charge is 0.291 e. The van der Waals surface area contributed by atoms with Gasteiger partial charge < -0.3 is 20.8 Å². The molecule has 2 atom stereocenters. The summed E-state index contributed by atoms with van der Waals surface area (Å²) < 4.78 is 5.06. The van der Waals surface area contributed by atoms with Gasteiger partial charge in [0.1, 0.15) is 0 Å². The zero-order valence-corrected chi connectivity index (χ0v) is 15.4. The molecule has 2 amide bonds. The molecule has 7 heteroatoms. The number of carbonyl (C=O) groups is 2. The molecule has 0 bridgehead atoms. The largest absolute Gasteiger partial charge is 0.459 e. The average molecular weight is 366 g/mol. The summed E-state index contributed by atoms with van der Waals surface area (Å²) in [5, 5.41) is 5.58. The highest BCUT2D eigenvalue weighted by atomic mass is 35.5. The van der Waals surface area contributed by atoms with Crippen LogP contribution in [0.2, 0.25) is 0 Å². The minimum absolute atomic E-state index is 0. The fourth-order valence-electron chi connectivity index (χ4n) is 2.21. The molecule has 0 spiro atoms. The normalized spacial score (nSPS) is 12.6. The van der Waals surface area contributed by atoms with Crippen molar-refractivity contribution in [2.45, 2.75) is 33.2 Å². The third-order valence-electron chi connectivity index (χ3n) is 4.05. The van der Waals surface area contributed by atoms with E-state index < -0.39 is 6.04 Å². The zero-order chi connectivity index (χ0) is 17.7. The Morgan fingerprint density at radius 1 is 1.24 bits per heavy atom. The van der Waals surface area contributed by atoms with Crippen LogP contribution < -0.4 is 16.4 Å². The van der Waals surface area contributed by atoms with E-state index in [1.54, 1.807) is 30.3 Å². The lowest BCUT2D eigenvalue weighted by atomic mass is 9.99. The first kappa shape index (κ1) is 20.7. The van der Waals surface area contributed by atoms with Crippen LogP contribution in [0.25, 0.3) is 0 Å². The van der Waals surface area contributed by atoms with Gasteiger partial charge in [-0.1, -0.05) is 20.3 Å². The topological polar surface area (TPSA) is 97.4 Å². The number of benzene rings is 1. The summed E-state index contributed by atoms with van der Waals surface area (Å²) in [4.78, 5) is 24.1. The van der Waals surface area contributed by atoms with Gasteiger partial charge in [-0.15, -0.1) is 12.4 Å². The molecule has 0 aliphatic carbocycles. The maximum atomic E-state index is 12.1. The van der Waals surface area contributed by atoms with E-state index in [0.717, 1.165) is 12.0 Å². The number of nitrogens with one attached hydrogen (secondary N) is 2. The first-order valence-corrected chi connectivity index (χ1v) is 7.94. The standard InChI is InChI=1S/C18H23N3O3.ClH/c1-4-11(2)16(19)18(23)20-13-7-8-14(12(3)10-13)21-17(22)15-6-5-9-24-15;/h5-11,16H,4,19H2,1-3H3,(H,20,23)(H,21,22);1H. The summed E-state index contributed by atoms with van der Waals surface area (Å²) in [6, 6.07) is 7.95. The number of rotatable bonds is 6. The zero-order valence-electron chi connectivity index (χ0n) is 14.5. The predicted octanol–water partition coefficient (Wildman–Crippen LogP) is 3.57. The van der Waals surface area contributed by atoms with Gasteiger partial charge in [0, 0.05) is 11.4 Å². The van der Waals surface area contributed by atoms with Gasteiger partial charge in [0.05, 0.1) is 12.3 Å². The van der Waals surface area contributed by atoms with Crippen molar-refractivity contribution < 1.29 is 14.0 Å². The maximum Gasteiger partial charge on any atom is 0.291 e. The van der Waals surface area contributed by atoms with E-state index in [2.05, 4.69) is 10.6 Å². The summed E-state index contributed by atoms with van der Waals surface area (Å²) in [5.41, 5.74) is 8.05. The number of nitrogens with two attached hydrogens (primary N) is 1. The third-order valence-corrected chi connectivity index (χ3v) is 4.05. The number of aryl methyl sites for hydroxylation is 1. The van der Waals surface area contributed by atoms with Gasteiger partial charge in [-0.25, -0.2) is 0 Å². The van der Waals surface area contributed by atoms with Gasteiger partial charge in [0.25, 0.3) is 5.91 Å². The second kappa shape index (κ2) is 9.25. The average Bonchev–Trinajstić information content (AvgIpc) is 3.10. The van der Waals surface area contributed by atoms with Gasteiger partial charge in [-0.05, 0) is 48.7 Å². The Bertz CT molecular complexity index is 716. The molecule has 1 aromatic heterocycles. The summed E-state index contributed by atoms with van der Waals surface area (Å²) in [6.45, 7) is 5.79. The minimum atomic E-state index is -0.548. The molecule has 25 heavy (non-hydrogen) atoms. The summed E-state index contributed by atoms with van der Waals surface area (Å²) >= 11 is 0. The Balaban J connectivity index is 0.00000312. The van der Waals surface area contributed by atoms with Gasteiger partial charge in [0.2, 0.25) is 5.91 Å². The molecule has 0 aliphatic heterocycles. The molecule has 2 aromatic rings. The third kappa shape index (κ3) is 5.34. The van der Waals surface area contributed by atoms with E-state index in [1.165, 1.54) is 6.26 Å². The van der Waals surface area contributed by atoms with Crippen molar-refractivity contribution in [3.05, 3.63) is 47.9 Å². The predicted molar refractivity (Wildman–Crippen MR) is 101 cm³/mol. The van der Waals surface area contributed by atoms with Crippen LogP contribution in [-0.4, -0.2) is 17.9 Å². The molecule has 136 valence electrons. The Hall–Kier alpha value is -2.31. The van der Waals surface area contributed by atoms with Crippen LogP contribution in [0.1, 0.15) is 36.4 Å². The molecule has 4 N–H and O–H groups in total. The number of anilines is 2. The molecule has 0 fully saturated rings. The van der Waals surface area contributed by atoms with Crippen LogP contribution in [-0.2, 0) is 4.79 Å². The van der Waals surface area contributed by atoms with Crippen LogP contribution in [0.4, 0.5) is 11.4 Å². The maximum absolute atomic E-state index is 12.1. The monoisotopic (exact) mass is 365 g/mol. The SMILES string of the molecule is CCC(C)C(N)C(=O)Nc1ccc(NC(=O)c2ccco2)c(C)c1.Cl. The number of hydrogen-bond donors (Lipinski definition) is 3. The van der Waals surface area contributed by atoms with Crippen molar-refractivity contribution >= 4 is 35.6 Å². The highest BCUT2D eigenvalue weighted by molar-refractivity contribution is 6.03. The van der Waals surface area contributed by atoms with Gasteiger partial charge in [0.15, 0.2) is 5.76 Å². The van der Waals surface area contributed by atoms with Crippen molar-refractivity contribution in [1.82, 2.24) is 0 Å². The van der Waals surface area contributed by atoms with Crippen LogP contribution >= 0.6 is 12.4 Å². The van der Waals surface area contributed by atoms with Crippen LogP contribution in [0.15, 0.2) is 41.0 Å². The number of halogens is 1. The van der Waals surface area contributed by atoms with E-state index >= 15 is 0 Å². The lowest BCUT2D eigenvalue weighted by Crippen LogP contribution is -2.40. The minimum Gasteiger partial charge on any atom is -0.459 e. The number of furan rings is 1. The second-order valence-electron chi connectivity index (χ2n) is 5.86. The molecule has 1 heterocycles. The molecule has 0 radical (unpaired) electrons. The highest BCUT2D eigenvalue weighted by Crippen LogP contribution is 2.21. The second-order valence-corrected chi connectivity index (χ2v) is 5.86. The Morgan fingerprint density at radius 3 is 2.52 bits per heavy atom. The fraction of sp³-hybridized carbons (Fsp3) is 0.333. The molecule has 2 rings (SSSR count). The molecule has 6 nitrogen and oxygen atoms in total. The van der Waals surface area contributed by atoms with Crippen LogP contribution in [0, 0.1) is 12.8 Å². The van der Waals surface area contributed by atoms with Crippen molar-refractivity contribution in [3.8, 4) is 0 Å². The van der Waals surface area contributed by atoms with Crippen molar-refractivity contribution in [3.63, 3.8) is 0 Å². The molecule has 0 aliphatic rings. The van der Waals surface area contributed by atoms with Crippen molar-refractivity contribution in [2.75, 3.05) is 10.6 Å². The van der Waals surface area contributed by atoms with E-state index in [4.69, 9.17) is 10.2 Å². The Labute approximate surface area is 153 Å². The van der Waals surface area contributed by atoms with E-state index in [1.807, 2.05) is 20.8 Å². The van der Waals surface area contributed by atoms with Crippen molar-refractivity contribution in [1.29, 1.82) is 0 Å². The number of amides is 2. The molecular weight excluding hydrogens is 342 g/mol.